The van der Waals surface area contributed by atoms with E-state index in [0.717, 1.165) is 10.9 Å². The molecule has 2 rings (SSSR count). The van der Waals surface area contributed by atoms with Crippen LogP contribution in [0.25, 0.3) is 0 Å². The molecule has 0 aliphatic rings. The maximum atomic E-state index is 4.01. The summed E-state index contributed by atoms with van der Waals surface area (Å²) in [5, 5.41) is 8.79. The lowest BCUT2D eigenvalue weighted by molar-refractivity contribution is 0.788. The zero-order valence-corrected chi connectivity index (χ0v) is 10.7. The summed E-state index contributed by atoms with van der Waals surface area (Å²) in [4.78, 5) is 1.34. The standard InChI is InChI=1S/C8H8BrN3S2/c1-12-5-10-11-8(12)13-4-6-2-3-7(9)14-6/h2-3,5H,4H2,1H3. The summed E-state index contributed by atoms with van der Waals surface area (Å²) >= 11 is 6.89. The molecule has 74 valence electrons. The van der Waals surface area contributed by atoms with E-state index in [1.54, 1.807) is 29.4 Å². The van der Waals surface area contributed by atoms with Crippen molar-refractivity contribution in [2.45, 2.75) is 10.9 Å². The first-order valence-electron chi connectivity index (χ1n) is 3.97. The smallest absolute Gasteiger partial charge is 0.191 e. The van der Waals surface area contributed by atoms with Crippen LogP contribution in [0.2, 0.25) is 0 Å². The number of aryl methyl sites for hydroxylation is 1. The summed E-state index contributed by atoms with van der Waals surface area (Å²) in [5.74, 6) is 0.947. The van der Waals surface area contributed by atoms with Gasteiger partial charge in [-0.2, -0.15) is 0 Å². The highest BCUT2D eigenvalue weighted by molar-refractivity contribution is 9.11. The number of rotatable bonds is 3. The van der Waals surface area contributed by atoms with Gasteiger partial charge in [0.15, 0.2) is 5.16 Å². The number of aromatic nitrogens is 3. The Labute approximate surface area is 98.7 Å². The van der Waals surface area contributed by atoms with Crippen LogP contribution in [-0.4, -0.2) is 14.8 Å². The molecular formula is C8H8BrN3S2. The molecule has 2 aromatic rings. The summed E-state index contributed by atoms with van der Waals surface area (Å²) in [6.07, 6.45) is 1.71. The summed E-state index contributed by atoms with van der Waals surface area (Å²) < 4.78 is 3.10. The number of thiophene rings is 1. The molecule has 6 heteroatoms. The third kappa shape index (κ3) is 2.37. The van der Waals surface area contributed by atoms with Crippen LogP contribution in [0.4, 0.5) is 0 Å². The molecule has 0 amide bonds. The van der Waals surface area contributed by atoms with Crippen LogP contribution in [0.1, 0.15) is 4.88 Å². The Morgan fingerprint density at radius 2 is 2.43 bits per heavy atom. The van der Waals surface area contributed by atoms with E-state index >= 15 is 0 Å². The minimum atomic E-state index is 0.947. The highest BCUT2D eigenvalue weighted by atomic mass is 79.9. The van der Waals surface area contributed by atoms with Gasteiger partial charge in [0, 0.05) is 17.7 Å². The molecule has 0 radical (unpaired) electrons. The molecule has 0 aromatic carbocycles. The third-order valence-electron chi connectivity index (χ3n) is 1.64. The van der Waals surface area contributed by atoms with Crippen LogP contribution >= 0.6 is 39.0 Å². The van der Waals surface area contributed by atoms with Crippen LogP contribution in [0.15, 0.2) is 27.4 Å². The van der Waals surface area contributed by atoms with Crippen molar-refractivity contribution in [3.05, 3.63) is 27.1 Å². The molecule has 14 heavy (non-hydrogen) atoms. The zero-order chi connectivity index (χ0) is 9.97. The molecule has 2 heterocycles. The quantitative estimate of drug-likeness (QED) is 0.814. The van der Waals surface area contributed by atoms with E-state index in [-0.39, 0.29) is 0 Å². The van der Waals surface area contributed by atoms with Gasteiger partial charge < -0.3 is 4.57 Å². The minimum absolute atomic E-state index is 0.947. The molecule has 0 spiro atoms. The Kier molecular flexibility index (Phi) is 3.25. The van der Waals surface area contributed by atoms with E-state index < -0.39 is 0 Å². The van der Waals surface area contributed by atoms with Gasteiger partial charge in [0.2, 0.25) is 0 Å². The van der Waals surface area contributed by atoms with Crippen molar-refractivity contribution in [1.82, 2.24) is 14.8 Å². The number of hydrogen-bond acceptors (Lipinski definition) is 4. The van der Waals surface area contributed by atoms with Gasteiger partial charge in [-0.15, -0.1) is 21.5 Å². The number of hydrogen-bond donors (Lipinski definition) is 0. The second-order valence-electron chi connectivity index (χ2n) is 2.72. The van der Waals surface area contributed by atoms with E-state index in [2.05, 4.69) is 38.3 Å². The van der Waals surface area contributed by atoms with Gasteiger partial charge in [-0.05, 0) is 28.1 Å². The van der Waals surface area contributed by atoms with Crippen LogP contribution in [-0.2, 0) is 12.8 Å². The first-order chi connectivity index (χ1) is 6.75. The summed E-state index contributed by atoms with van der Waals surface area (Å²) in [6.45, 7) is 0. The predicted octanol–water partition coefficient (Wildman–Crippen LogP) is 2.93. The van der Waals surface area contributed by atoms with Gasteiger partial charge in [0.05, 0.1) is 3.79 Å². The molecule has 0 bridgehead atoms. The SMILES string of the molecule is Cn1cnnc1SCc1ccc(Br)s1. The Morgan fingerprint density at radius 3 is 3.00 bits per heavy atom. The Hall–Kier alpha value is -0.330. The van der Waals surface area contributed by atoms with Gasteiger partial charge >= 0.3 is 0 Å². The van der Waals surface area contributed by atoms with E-state index in [0.29, 0.717) is 0 Å². The highest BCUT2D eigenvalue weighted by Crippen LogP contribution is 2.27. The van der Waals surface area contributed by atoms with Crippen molar-refractivity contribution in [2.75, 3.05) is 0 Å². The van der Waals surface area contributed by atoms with Crippen molar-refractivity contribution in [3.8, 4) is 0 Å². The molecule has 0 unspecified atom stereocenters. The van der Waals surface area contributed by atoms with Crippen molar-refractivity contribution in [2.24, 2.45) is 7.05 Å². The first-order valence-corrected chi connectivity index (χ1v) is 6.56. The second kappa shape index (κ2) is 4.46. The molecule has 0 N–H and O–H groups in total. The van der Waals surface area contributed by atoms with Crippen molar-refractivity contribution in [3.63, 3.8) is 0 Å². The van der Waals surface area contributed by atoms with E-state index in [4.69, 9.17) is 0 Å². The third-order valence-corrected chi connectivity index (χ3v) is 4.53. The fraction of sp³-hybridized carbons (Fsp3) is 0.250. The monoisotopic (exact) mass is 289 g/mol. The Morgan fingerprint density at radius 1 is 1.57 bits per heavy atom. The van der Waals surface area contributed by atoms with Gasteiger partial charge in [-0.1, -0.05) is 11.8 Å². The number of nitrogens with zero attached hydrogens (tertiary/aromatic N) is 3. The topological polar surface area (TPSA) is 30.7 Å². The maximum Gasteiger partial charge on any atom is 0.191 e. The van der Waals surface area contributed by atoms with Gasteiger partial charge in [-0.3, -0.25) is 0 Å². The number of halogens is 1. The largest absolute Gasteiger partial charge is 0.312 e. The number of thioether (sulfide) groups is 1. The van der Waals surface area contributed by atoms with Crippen LogP contribution in [0.5, 0.6) is 0 Å². The highest BCUT2D eigenvalue weighted by Gasteiger charge is 2.03. The lowest BCUT2D eigenvalue weighted by atomic mass is 10.5. The zero-order valence-electron chi connectivity index (χ0n) is 7.48. The van der Waals surface area contributed by atoms with Gasteiger partial charge in [0.25, 0.3) is 0 Å². The Bertz CT molecular complexity index is 424. The first kappa shape index (κ1) is 10.2. The molecule has 0 saturated heterocycles. The summed E-state index contributed by atoms with van der Waals surface area (Å²) in [7, 11) is 1.95. The predicted molar refractivity (Wildman–Crippen MR) is 62.6 cm³/mol. The van der Waals surface area contributed by atoms with Crippen LogP contribution in [0.3, 0.4) is 0 Å². The molecule has 0 atom stereocenters. The van der Waals surface area contributed by atoms with Gasteiger partial charge in [-0.25, -0.2) is 0 Å². The maximum absolute atomic E-state index is 4.01. The minimum Gasteiger partial charge on any atom is -0.312 e. The fourth-order valence-corrected chi connectivity index (χ4v) is 3.38. The van der Waals surface area contributed by atoms with Crippen molar-refractivity contribution >= 4 is 39.0 Å². The summed E-state index contributed by atoms with van der Waals surface area (Å²) in [5.41, 5.74) is 0. The van der Waals surface area contributed by atoms with E-state index in [1.165, 1.54) is 8.66 Å². The lowest BCUT2D eigenvalue weighted by Gasteiger charge is -1.97. The van der Waals surface area contributed by atoms with Crippen molar-refractivity contribution in [1.29, 1.82) is 0 Å². The Balaban J connectivity index is 1.98. The second-order valence-corrected chi connectivity index (χ2v) is 6.21. The summed E-state index contributed by atoms with van der Waals surface area (Å²) in [6, 6.07) is 4.19. The van der Waals surface area contributed by atoms with E-state index in [1.807, 2.05) is 11.6 Å². The average Bonchev–Trinajstić information content (AvgIpc) is 2.72. The molecular weight excluding hydrogens is 282 g/mol. The van der Waals surface area contributed by atoms with E-state index in [9.17, 15) is 0 Å². The normalized spacial score (nSPS) is 10.7. The molecule has 0 fully saturated rings. The molecule has 0 saturated carbocycles. The lowest BCUT2D eigenvalue weighted by Crippen LogP contribution is -1.88. The van der Waals surface area contributed by atoms with Crippen LogP contribution in [0, 0.1) is 0 Å². The van der Waals surface area contributed by atoms with Crippen LogP contribution < -0.4 is 0 Å². The molecule has 0 aliphatic carbocycles. The average molecular weight is 290 g/mol. The molecule has 3 nitrogen and oxygen atoms in total. The van der Waals surface area contributed by atoms with Crippen molar-refractivity contribution < 1.29 is 0 Å². The molecule has 0 aliphatic heterocycles. The molecule has 2 aromatic heterocycles. The van der Waals surface area contributed by atoms with Gasteiger partial charge in [0.1, 0.15) is 6.33 Å². The fourth-order valence-electron chi connectivity index (χ4n) is 0.968.